The van der Waals surface area contributed by atoms with E-state index in [1.807, 2.05) is 0 Å². The minimum absolute atomic E-state index is 0.146. The fourth-order valence-corrected chi connectivity index (χ4v) is 4.92. The van der Waals surface area contributed by atoms with Crippen molar-refractivity contribution in [2.24, 2.45) is 0 Å². The van der Waals surface area contributed by atoms with Gasteiger partial charge in [-0.25, -0.2) is 8.78 Å². The third-order valence-corrected chi connectivity index (χ3v) is 6.88. The summed E-state index contributed by atoms with van der Waals surface area (Å²) in [6, 6.07) is 7.75. The Kier molecular flexibility index (Phi) is 6.73. The molecular weight excluding hydrogens is 485 g/mol. The number of nitrogens with zero attached hydrogens (tertiary/aromatic N) is 2. The number of carbonyl (C=O) groups excluding carboxylic acids is 2. The molecule has 0 saturated carbocycles. The topological polar surface area (TPSA) is 51.5 Å². The molecule has 0 bridgehead atoms. The molecule has 4 rings (SSSR count). The van der Waals surface area contributed by atoms with Crippen molar-refractivity contribution in [2.45, 2.75) is 33.1 Å². The summed E-state index contributed by atoms with van der Waals surface area (Å²) in [5, 5.41) is 1.24. The molecule has 0 unspecified atom stereocenters. The zero-order valence-electron chi connectivity index (χ0n) is 19.1. The van der Waals surface area contributed by atoms with E-state index in [9.17, 15) is 18.4 Å². The molecule has 0 radical (unpaired) electrons. The smallest absolute Gasteiger partial charge is 0.270 e. The second kappa shape index (κ2) is 9.29. The van der Waals surface area contributed by atoms with Gasteiger partial charge in [-0.2, -0.15) is 0 Å². The van der Waals surface area contributed by atoms with Crippen molar-refractivity contribution in [3.8, 4) is 0 Å². The monoisotopic (exact) mass is 508 g/mol. The number of alkyl halides is 2. The summed E-state index contributed by atoms with van der Waals surface area (Å²) >= 11 is 13.1. The molecule has 1 aromatic heterocycles. The Morgan fingerprint density at radius 1 is 1.12 bits per heavy atom. The van der Waals surface area contributed by atoms with Crippen molar-refractivity contribution in [1.82, 2.24) is 9.47 Å². The Morgan fingerprint density at radius 3 is 2.41 bits per heavy atom. The summed E-state index contributed by atoms with van der Waals surface area (Å²) < 4.78 is 34.8. The standard InChI is InChI=1S/C25H24Cl2F2N2O3/c1-14-10-16(25(3,28)29)11-22-19(14)12-17(31(22)15(2)32)13-20-21(26)5-4-18(23(20)27)24(33)30-6-8-34-9-7-30/h4-5,10-12H,6-9,13H2,1-3H3. The van der Waals surface area contributed by atoms with Crippen molar-refractivity contribution in [1.29, 1.82) is 0 Å². The van der Waals surface area contributed by atoms with Gasteiger partial charge in [-0.3, -0.25) is 14.2 Å². The number of fused-ring (bicyclic) bond motifs is 1. The van der Waals surface area contributed by atoms with E-state index in [2.05, 4.69) is 0 Å². The molecule has 9 heteroatoms. The van der Waals surface area contributed by atoms with Crippen LogP contribution in [0.5, 0.6) is 0 Å². The number of hydrogen-bond donors (Lipinski definition) is 0. The van der Waals surface area contributed by atoms with Gasteiger partial charge in [-0.1, -0.05) is 23.2 Å². The molecule has 1 saturated heterocycles. The zero-order chi connectivity index (χ0) is 24.8. The number of aromatic nitrogens is 1. The number of halogens is 4. The van der Waals surface area contributed by atoms with Gasteiger partial charge in [0.15, 0.2) is 0 Å². The van der Waals surface area contributed by atoms with Gasteiger partial charge in [0, 0.05) is 55.0 Å². The number of carbonyl (C=O) groups is 2. The van der Waals surface area contributed by atoms with Gasteiger partial charge >= 0.3 is 0 Å². The quantitative estimate of drug-likeness (QED) is 0.428. The average Bonchev–Trinajstić information content (AvgIpc) is 3.15. The van der Waals surface area contributed by atoms with E-state index in [1.165, 1.54) is 23.6 Å². The molecule has 3 aromatic rings. The lowest BCUT2D eigenvalue weighted by molar-refractivity contribution is 0.0175. The van der Waals surface area contributed by atoms with Crippen LogP contribution in [0.4, 0.5) is 8.78 Å². The number of rotatable bonds is 4. The third kappa shape index (κ3) is 4.57. The maximum absolute atomic E-state index is 14.1. The zero-order valence-corrected chi connectivity index (χ0v) is 20.6. The highest BCUT2D eigenvalue weighted by molar-refractivity contribution is 6.38. The second-order valence-electron chi connectivity index (χ2n) is 8.57. The summed E-state index contributed by atoms with van der Waals surface area (Å²) in [6.07, 6.45) is 0.146. The molecule has 0 aliphatic carbocycles. The first-order valence-corrected chi connectivity index (χ1v) is 11.6. The number of aryl methyl sites for hydroxylation is 1. The first-order valence-electron chi connectivity index (χ1n) is 10.9. The first kappa shape index (κ1) is 24.6. The van der Waals surface area contributed by atoms with Crippen LogP contribution in [0.15, 0.2) is 30.3 Å². The van der Waals surface area contributed by atoms with Gasteiger partial charge in [0.1, 0.15) is 0 Å². The maximum Gasteiger partial charge on any atom is 0.270 e. The molecule has 2 heterocycles. The summed E-state index contributed by atoms with van der Waals surface area (Å²) in [5.74, 6) is -3.59. The van der Waals surface area contributed by atoms with E-state index in [0.29, 0.717) is 64.6 Å². The Bertz CT molecular complexity index is 1290. The van der Waals surface area contributed by atoms with Gasteiger partial charge < -0.3 is 9.64 Å². The van der Waals surface area contributed by atoms with Crippen LogP contribution in [0.25, 0.3) is 10.9 Å². The predicted molar refractivity (Wildman–Crippen MR) is 129 cm³/mol. The van der Waals surface area contributed by atoms with E-state index in [1.54, 1.807) is 30.0 Å². The normalized spacial score (nSPS) is 14.6. The van der Waals surface area contributed by atoms with E-state index in [4.69, 9.17) is 27.9 Å². The van der Waals surface area contributed by atoms with E-state index in [0.717, 1.165) is 6.92 Å². The SMILES string of the molecule is CC(=O)n1c(Cc2c(Cl)ccc(C(=O)N3CCOCC3)c2Cl)cc2c(C)cc(C(C)(F)F)cc21. The van der Waals surface area contributed by atoms with Crippen LogP contribution in [-0.4, -0.2) is 47.6 Å². The molecule has 5 nitrogen and oxygen atoms in total. The van der Waals surface area contributed by atoms with Crippen molar-refractivity contribution in [2.75, 3.05) is 26.3 Å². The van der Waals surface area contributed by atoms with Crippen molar-refractivity contribution in [3.05, 3.63) is 68.3 Å². The Hall–Kier alpha value is -2.48. The van der Waals surface area contributed by atoms with E-state index >= 15 is 0 Å². The van der Waals surface area contributed by atoms with Gasteiger partial charge in [-0.15, -0.1) is 0 Å². The van der Waals surface area contributed by atoms with Crippen molar-refractivity contribution >= 4 is 45.9 Å². The lowest BCUT2D eigenvalue weighted by Crippen LogP contribution is -2.40. The van der Waals surface area contributed by atoms with Gasteiger partial charge in [0.05, 0.1) is 29.3 Å². The first-order chi connectivity index (χ1) is 16.0. The lowest BCUT2D eigenvalue weighted by atomic mass is 10.0. The van der Waals surface area contributed by atoms with Crippen LogP contribution >= 0.6 is 23.2 Å². The third-order valence-electron chi connectivity index (χ3n) is 6.10. The van der Waals surface area contributed by atoms with Crippen LogP contribution in [0.2, 0.25) is 10.0 Å². The molecule has 1 aliphatic heterocycles. The Labute approximate surface area is 206 Å². The van der Waals surface area contributed by atoms with Crippen LogP contribution < -0.4 is 0 Å². The minimum Gasteiger partial charge on any atom is -0.378 e. The fraction of sp³-hybridized carbons (Fsp3) is 0.360. The molecule has 1 amide bonds. The highest BCUT2D eigenvalue weighted by Gasteiger charge is 2.28. The highest BCUT2D eigenvalue weighted by atomic mass is 35.5. The van der Waals surface area contributed by atoms with Crippen LogP contribution in [0.1, 0.15) is 51.4 Å². The van der Waals surface area contributed by atoms with Crippen molar-refractivity contribution in [3.63, 3.8) is 0 Å². The second-order valence-corrected chi connectivity index (χ2v) is 9.36. The van der Waals surface area contributed by atoms with E-state index < -0.39 is 5.92 Å². The number of ether oxygens (including phenoxy) is 1. The number of benzene rings is 2. The molecule has 34 heavy (non-hydrogen) atoms. The predicted octanol–water partition coefficient (Wildman–Crippen LogP) is 6.09. The molecule has 0 spiro atoms. The van der Waals surface area contributed by atoms with Crippen LogP contribution in [-0.2, 0) is 17.1 Å². The fourth-order valence-electron chi connectivity index (χ4n) is 4.34. The Balaban J connectivity index is 1.81. The summed E-state index contributed by atoms with van der Waals surface area (Å²) in [6.45, 7) is 5.78. The lowest BCUT2D eigenvalue weighted by Gasteiger charge is -2.27. The maximum atomic E-state index is 14.1. The van der Waals surface area contributed by atoms with Crippen molar-refractivity contribution < 1.29 is 23.1 Å². The largest absolute Gasteiger partial charge is 0.378 e. The molecule has 1 aliphatic rings. The number of hydrogen-bond acceptors (Lipinski definition) is 3. The van der Waals surface area contributed by atoms with Crippen LogP contribution in [0, 0.1) is 6.92 Å². The summed E-state index contributed by atoms with van der Waals surface area (Å²) in [7, 11) is 0. The van der Waals surface area contributed by atoms with E-state index in [-0.39, 0.29) is 28.8 Å². The van der Waals surface area contributed by atoms with Crippen LogP contribution in [0.3, 0.4) is 0 Å². The number of morpholine rings is 1. The Morgan fingerprint density at radius 2 is 1.79 bits per heavy atom. The van der Waals surface area contributed by atoms with Gasteiger partial charge in [0.25, 0.3) is 11.8 Å². The summed E-state index contributed by atoms with van der Waals surface area (Å²) in [5.41, 5.74) is 2.21. The molecule has 0 atom stereocenters. The number of amides is 1. The summed E-state index contributed by atoms with van der Waals surface area (Å²) in [4.78, 5) is 27.3. The molecule has 2 aromatic carbocycles. The minimum atomic E-state index is -3.05. The molecule has 180 valence electrons. The molecule has 0 N–H and O–H groups in total. The highest BCUT2D eigenvalue weighted by Crippen LogP contribution is 2.36. The van der Waals surface area contributed by atoms with Gasteiger partial charge in [-0.05, 0) is 48.4 Å². The molecule has 1 fully saturated rings. The average molecular weight is 509 g/mol. The van der Waals surface area contributed by atoms with Gasteiger partial charge in [0.2, 0.25) is 5.91 Å². The molecular formula is C25H24Cl2F2N2O3.